The van der Waals surface area contributed by atoms with Gasteiger partial charge in [-0.25, -0.2) is 4.79 Å². The van der Waals surface area contributed by atoms with Crippen molar-refractivity contribution in [1.82, 2.24) is 5.32 Å². The molecule has 0 aromatic heterocycles. The average Bonchev–Trinajstić information content (AvgIpc) is 2.03. The first kappa shape index (κ1) is 12.3. The zero-order chi connectivity index (χ0) is 10.5. The number of nitrogens with one attached hydrogen (secondary N) is 1. The Morgan fingerprint density at radius 1 is 1.62 bits per heavy atom. The number of carboxylic acids is 1. The second kappa shape index (κ2) is 5.16. The van der Waals surface area contributed by atoms with Crippen molar-refractivity contribution in [2.75, 3.05) is 19.7 Å². The van der Waals surface area contributed by atoms with E-state index in [2.05, 4.69) is 5.32 Å². The van der Waals surface area contributed by atoms with E-state index in [1.807, 2.05) is 6.92 Å². The van der Waals surface area contributed by atoms with Gasteiger partial charge in [-0.2, -0.15) is 0 Å². The summed E-state index contributed by atoms with van der Waals surface area (Å²) in [6.07, 6.45) is 0. The van der Waals surface area contributed by atoms with E-state index in [0.29, 0.717) is 6.54 Å². The average molecular weight is 191 g/mol. The number of hydrogen-bond donors (Lipinski definition) is 4. The molecule has 0 saturated carbocycles. The van der Waals surface area contributed by atoms with Gasteiger partial charge in [0.2, 0.25) is 0 Å². The van der Waals surface area contributed by atoms with Crippen molar-refractivity contribution in [3.8, 4) is 0 Å². The molecule has 78 valence electrons. The van der Waals surface area contributed by atoms with Gasteiger partial charge in [0.25, 0.3) is 0 Å². The van der Waals surface area contributed by atoms with Gasteiger partial charge in [-0.3, -0.25) is 0 Å². The summed E-state index contributed by atoms with van der Waals surface area (Å²) in [5, 5.41) is 29.2. The first-order valence-electron chi connectivity index (χ1n) is 4.17. The Labute approximate surface area is 77.4 Å². The minimum absolute atomic E-state index is 0.0212. The van der Waals surface area contributed by atoms with Crippen LogP contribution in [0.15, 0.2) is 0 Å². The van der Waals surface area contributed by atoms with Crippen LogP contribution in [0.3, 0.4) is 0 Å². The maximum absolute atomic E-state index is 10.4. The Morgan fingerprint density at radius 3 is 2.54 bits per heavy atom. The van der Waals surface area contributed by atoms with Crippen molar-refractivity contribution in [3.05, 3.63) is 0 Å². The molecule has 0 rings (SSSR count). The smallest absolute Gasteiger partial charge is 0.336 e. The molecule has 5 nitrogen and oxygen atoms in total. The number of rotatable bonds is 6. The highest BCUT2D eigenvalue weighted by molar-refractivity contribution is 5.76. The number of carbonyl (C=O) groups is 1. The van der Waals surface area contributed by atoms with Crippen LogP contribution in [0.4, 0.5) is 0 Å². The molecule has 0 aliphatic heterocycles. The fourth-order valence-corrected chi connectivity index (χ4v) is 0.702. The van der Waals surface area contributed by atoms with Gasteiger partial charge in [0.05, 0.1) is 0 Å². The van der Waals surface area contributed by atoms with Crippen LogP contribution in [0.25, 0.3) is 0 Å². The zero-order valence-corrected chi connectivity index (χ0v) is 7.95. The third kappa shape index (κ3) is 4.82. The zero-order valence-electron chi connectivity index (χ0n) is 7.95. The maximum Gasteiger partial charge on any atom is 0.336 e. The second-order valence-electron chi connectivity index (χ2n) is 3.50. The second-order valence-corrected chi connectivity index (χ2v) is 3.50. The van der Waals surface area contributed by atoms with Crippen molar-refractivity contribution in [2.24, 2.45) is 5.92 Å². The monoisotopic (exact) mass is 191 g/mol. The Morgan fingerprint density at radius 2 is 2.15 bits per heavy atom. The minimum Gasteiger partial charge on any atom is -0.479 e. The topological polar surface area (TPSA) is 89.8 Å². The predicted octanol–water partition coefficient (Wildman–Crippen LogP) is -0.960. The van der Waals surface area contributed by atoms with Crippen molar-refractivity contribution in [2.45, 2.75) is 19.4 Å². The third-order valence-electron chi connectivity index (χ3n) is 1.73. The van der Waals surface area contributed by atoms with Crippen molar-refractivity contribution >= 4 is 5.97 Å². The molecule has 0 radical (unpaired) electrons. The lowest BCUT2D eigenvalue weighted by Gasteiger charge is -2.19. The molecule has 0 aliphatic carbocycles. The molecule has 0 aromatic rings. The van der Waals surface area contributed by atoms with Crippen LogP contribution >= 0.6 is 0 Å². The molecule has 0 aromatic carbocycles. The summed E-state index contributed by atoms with van der Waals surface area (Å²) in [6, 6.07) is 0. The van der Waals surface area contributed by atoms with Gasteiger partial charge in [0, 0.05) is 19.7 Å². The van der Waals surface area contributed by atoms with Gasteiger partial charge in [-0.05, 0) is 12.8 Å². The molecular weight excluding hydrogens is 174 g/mol. The number of aliphatic carboxylic acids is 1. The lowest BCUT2D eigenvalue weighted by molar-refractivity contribution is -0.156. The Bertz CT molecular complexity index is 170. The molecule has 4 N–H and O–H groups in total. The number of hydrogen-bond acceptors (Lipinski definition) is 4. The van der Waals surface area contributed by atoms with Crippen molar-refractivity contribution in [1.29, 1.82) is 0 Å². The lowest BCUT2D eigenvalue weighted by atomic mass is 10.1. The molecule has 2 atom stereocenters. The molecule has 0 heterocycles. The minimum atomic E-state index is -1.74. The Kier molecular flexibility index (Phi) is 4.90. The lowest BCUT2D eigenvalue weighted by Crippen LogP contribution is -2.45. The molecule has 0 spiro atoms. The fraction of sp³-hybridized carbons (Fsp3) is 0.875. The molecule has 0 bridgehead atoms. The van der Waals surface area contributed by atoms with E-state index >= 15 is 0 Å². The molecular formula is C8H17NO4. The predicted molar refractivity (Wildman–Crippen MR) is 47.4 cm³/mol. The summed E-state index contributed by atoms with van der Waals surface area (Å²) in [4.78, 5) is 10.4. The van der Waals surface area contributed by atoms with Crippen molar-refractivity contribution in [3.63, 3.8) is 0 Å². The molecule has 0 fully saturated rings. The Balaban J connectivity index is 3.70. The third-order valence-corrected chi connectivity index (χ3v) is 1.73. The molecule has 2 unspecified atom stereocenters. The van der Waals surface area contributed by atoms with Gasteiger partial charge in [-0.1, -0.05) is 6.92 Å². The van der Waals surface area contributed by atoms with Crippen LogP contribution in [0.1, 0.15) is 13.8 Å². The van der Waals surface area contributed by atoms with E-state index in [1.165, 1.54) is 6.92 Å². The van der Waals surface area contributed by atoms with E-state index < -0.39 is 11.6 Å². The van der Waals surface area contributed by atoms with Gasteiger partial charge in [-0.15, -0.1) is 0 Å². The highest BCUT2D eigenvalue weighted by Crippen LogP contribution is 2.01. The van der Waals surface area contributed by atoms with E-state index in [1.54, 1.807) is 0 Å². The summed E-state index contributed by atoms with van der Waals surface area (Å²) in [5.41, 5.74) is -1.74. The highest BCUT2D eigenvalue weighted by atomic mass is 16.4. The van der Waals surface area contributed by atoms with Crippen LogP contribution in [0.5, 0.6) is 0 Å². The largest absolute Gasteiger partial charge is 0.479 e. The number of carboxylic acid groups (broad SMARTS) is 1. The van der Waals surface area contributed by atoms with Crippen LogP contribution in [-0.2, 0) is 4.79 Å². The van der Waals surface area contributed by atoms with Gasteiger partial charge < -0.3 is 20.6 Å². The number of aliphatic hydroxyl groups excluding tert-OH is 1. The first-order valence-corrected chi connectivity index (χ1v) is 4.17. The highest BCUT2D eigenvalue weighted by Gasteiger charge is 2.29. The quantitative estimate of drug-likeness (QED) is 0.434. The molecule has 0 saturated heterocycles. The first-order chi connectivity index (χ1) is 5.90. The van der Waals surface area contributed by atoms with Crippen LogP contribution in [0, 0.1) is 5.92 Å². The maximum atomic E-state index is 10.4. The van der Waals surface area contributed by atoms with Crippen molar-refractivity contribution < 1.29 is 20.1 Å². The van der Waals surface area contributed by atoms with Gasteiger partial charge >= 0.3 is 5.97 Å². The summed E-state index contributed by atoms with van der Waals surface area (Å²) >= 11 is 0. The van der Waals surface area contributed by atoms with E-state index in [-0.39, 0.29) is 19.1 Å². The molecule has 13 heavy (non-hydrogen) atoms. The summed E-state index contributed by atoms with van der Waals surface area (Å²) in [5.74, 6) is -1.19. The van der Waals surface area contributed by atoms with E-state index in [0.717, 1.165) is 0 Å². The van der Waals surface area contributed by atoms with E-state index in [9.17, 15) is 9.90 Å². The molecule has 5 heteroatoms. The standard InChI is InChI=1S/C8H17NO4/c1-6(4-10)3-9-5-8(2,13)7(11)12/h6,9-10,13H,3-5H2,1-2H3,(H,11,12). The van der Waals surface area contributed by atoms with Gasteiger partial charge in [0.15, 0.2) is 5.60 Å². The molecule has 0 amide bonds. The summed E-state index contributed by atoms with van der Waals surface area (Å²) < 4.78 is 0. The van der Waals surface area contributed by atoms with Crippen LogP contribution < -0.4 is 5.32 Å². The van der Waals surface area contributed by atoms with Gasteiger partial charge in [0.1, 0.15) is 0 Å². The van der Waals surface area contributed by atoms with Crippen LogP contribution in [0.2, 0.25) is 0 Å². The number of aliphatic hydroxyl groups is 2. The fourth-order valence-electron chi connectivity index (χ4n) is 0.702. The van der Waals surface area contributed by atoms with Crippen LogP contribution in [-0.4, -0.2) is 46.6 Å². The normalized spacial score (nSPS) is 17.8. The summed E-state index contributed by atoms with van der Waals surface area (Å²) in [6.45, 7) is 3.56. The Hall–Kier alpha value is -0.650. The molecule has 0 aliphatic rings. The van der Waals surface area contributed by atoms with E-state index in [4.69, 9.17) is 10.2 Å². The SMILES string of the molecule is CC(CO)CNCC(C)(O)C(=O)O. The summed E-state index contributed by atoms with van der Waals surface area (Å²) in [7, 11) is 0.